The summed E-state index contributed by atoms with van der Waals surface area (Å²) in [7, 11) is 0. The van der Waals surface area contributed by atoms with Gasteiger partial charge in [-0.1, -0.05) is 27.7 Å². The Hall–Kier alpha value is -1.29. The number of piperidine rings is 1. The number of likely N-dealkylation sites (tertiary alicyclic amines) is 1. The Morgan fingerprint density at radius 1 is 1.03 bits per heavy atom. The van der Waals surface area contributed by atoms with Crippen LogP contribution in [0.2, 0.25) is 0 Å². The van der Waals surface area contributed by atoms with Gasteiger partial charge in [0.15, 0.2) is 0 Å². The van der Waals surface area contributed by atoms with Gasteiger partial charge in [0.1, 0.15) is 11.6 Å². The highest BCUT2D eigenvalue weighted by molar-refractivity contribution is 5.78. The van der Waals surface area contributed by atoms with Gasteiger partial charge in [-0.2, -0.15) is 0 Å². The quantitative estimate of drug-likeness (QED) is 0.648. The summed E-state index contributed by atoms with van der Waals surface area (Å²) < 4.78 is 0. The topological polar surface area (TPSA) is 46.1 Å². The van der Waals surface area contributed by atoms with Gasteiger partial charge in [0, 0.05) is 30.3 Å². The molecule has 0 atom stereocenters. The third-order valence-corrected chi connectivity index (χ3v) is 7.68. The van der Waals surface area contributed by atoms with Crippen LogP contribution in [0.1, 0.15) is 109 Å². The van der Waals surface area contributed by atoms with Gasteiger partial charge in [0.05, 0.1) is 0 Å². The zero-order valence-corrected chi connectivity index (χ0v) is 19.3. The summed E-state index contributed by atoms with van der Waals surface area (Å²) in [4.78, 5) is 23.5. The second kappa shape index (κ2) is 9.68. The monoisotopic (exact) mass is 399 g/mol. The van der Waals surface area contributed by atoms with E-state index in [1.807, 2.05) is 13.8 Å². The minimum Gasteiger partial charge on any atom is -0.300 e. The Labute approximate surface area is 177 Å². The number of hydrogen-bond donors (Lipinski definition) is 0. The molecule has 29 heavy (non-hydrogen) atoms. The zero-order valence-electron chi connectivity index (χ0n) is 19.3. The van der Waals surface area contributed by atoms with Crippen LogP contribution >= 0.6 is 0 Å². The summed E-state index contributed by atoms with van der Waals surface area (Å²) in [6.45, 7) is 12.5. The third kappa shape index (κ3) is 5.07. The molecule has 162 valence electrons. The highest BCUT2D eigenvalue weighted by Gasteiger charge is 2.48. The molecule has 1 aromatic rings. The molecule has 1 aliphatic heterocycles. The maximum Gasteiger partial charge on any atom is 0.132 e. The Morgan fingerprint density at radius 2 is 1.59 bits per heavy atom. The number of aromatic nitrogens is 2. The van der Waals surface area contributed by atoms with Crippen molar-refractivity contribution in [3.63, 3.8) is 0 Å². The smallest absolute Gasteiger partial charge is 0.132 e. The number of carbonyl (C=O) groups excluding carboxylic acids is 1. The van der Waals surface area contributed by atoms with E-state index in [9.17, 15) is 4.79 Å². The van der Waals surface area contributed by atoms with Crippen LogP contribution < -0.4 is 0 Å². The van der Waals surface area contributed by atoms with Gasteiger partial charge in [0.25, 0.3) is 0 Å². The normalized spacial score (nSPS) is 30.6. The lowest BCUT2D eigenvalue weighted by Crippen LogP contribution is -2.54. The molecule has 3 fully saturated rings. The summed E-state index contributed by atoms with van der Waals surface area (Å²) in [6, 6.07) is 0.791. The molecule has 0 aromatic carbocycles. The van der Waals surface area contributed by atoms with Crippen molar-refractivity contribution in [3.8, 4) is 0 Å². The summed E-state index contributed by atoms with van der Waals surface area (Å²) in [5.41, 5.74) is 1.90. The molecular formula is C25H41N3O. The predicted octanol–water partition coefficient (Wildman–Crippen LogP) is 5.73. The molecule has 0 amide bonds. The van der Waals surface area contributed by atoms with Crippen LogP contribution in [0.25, 0.3) is 0 Å². The fraction of sp³-hybridized carbons (Fsp3) is 0.800. The van der Waals surface area contributed by atoms with Crippen molar-refractivity contribution in [2.45, 2.75) is 104 Å². The Kier molecular flexibility index (Phi) is 7.47. The first kappa shape index (κ1) is 22.4. The molecule has 4 rings (SSSR count). The molecule has 4 heteroatoms. The van der Waals surface area contributed by atoms with Crippen molar-refractivity contribution < 1.29 is 4.79 Å². The van der Waals surface area contributed by atoms with Crippen LogP contribution in [0.4, 0.5) is 0 Å². The molecule has 1 aromatic heterocycles. The number of nitrogens with zero attached hydrogens (tertiary/aromatic N) is 3. The maximum atomic E-state index is 11.6. The largest absolute Gasteiger partial charge is 0.300 e. The molecule has 0 N–H and O–H groups in total. The van der Waals surface area contributed by atoms with Crippen molar-refractivity contribution in [2.75, 3.05) is 13.1 Å². The number of ketones is 1. The van der Waals surface area contributed by atoms with E-state index in [0.29, 0.717) is 29.0 Å². The molecule has 2 heterocycles. The summed E-state index contributed by atoms with van der Waals surface area (Å²) in [5, 5.41) is 0. The van der Waals surface area contributed by atoms with E-state index >= 15 is 0 Å². The van der Waals surface area contributed by atoms with Crippen molar-refractivity contribution >= 4 is 5.78 Å². The van der Waals surface area contributed by atoms with Crippen LogP contribution in [-0.4, -0.2) is 39.8 Å². The van der Waals surface area contributed by atoms with Gasteiger partial charge < -0.3 is 4.90 Å². The second-order valence-corrected chi connectivity index (χ2v) is 9.79. The molecular weight excluding hydrogens is 358 g/mol. The number of hydrogen-bond acceptors (Lipinski definition) is 4. The van der Waals surface area contributed by atoms with Gasteiger partial charge in [-0.3, -0.25) is 4.79 Å². The highest BCUT2D eigenvalue weighted by Crippen LogP contribution is 2.54. The van der Waals surface area contributed by atoms with Gasteiger partial charge >= 0.3 is 0 Å². The fourth-order valence-electron chi connectivity index (χ4n) is 5.70. The molecule has 2 aliphatic carbocycles. The van der Waals surface area contributed by atoms with Crippen LogP contribution in [-0.2, 0) is 4.79 Å². The number of carbonyl (C=O) groups is 1. The molecule has 0 radical (unpaired) electrons. The first-order valence-corrected chi connectivity index (χ1v) is 12.0. The van der Waals surface area contributed by atoms with Crippen LogP contribution in [0.3, 0.4) is 0 Å². The molecule has 1 spiro atoms. The minimum atomic E-state index is 0.356. The Bertz CT molecular complexity index is 645. The lowest BCUT2D eigenvalue weighted by atomic mass is 9.56. The van der Waals surface area contributed by atoms with E-state index in [2.05, 4.69) is 41.1 Å². The Morgan fingerprint density at radius 3 is 2.07 bits per heavy atom. The first-order valence-electron chi connectivity index (χ1n) is 12.0. The van der Waals surface area contributed by atoms with E-state index in [1.165, 1.54) is 57.2 Å². The second-order valence-electron chi connectivity index (χ2n) is 9.79. The number of rotatable bonds is 4. The van der Waals surface area contributed by atoms with E-state index < -0.39 is 0 Å². The van der Waals surface area contributed by atoms with Gasteiger partial charge in [-0.15, -0.1) is 0 Å². The lowest BCUT2D eigenvalue weighted by molar-refractivity contribution is -0.124. The first-order chi connectivity index (χ1) is 14.0. The average molecular weight is 400 g/mol. The van der Waals surface area contributed by atoms with Crippen molar-refractivity contribution in [1.82, 2.24) is 14.9 Å². The van der Waals surface area contributed by atoms with E-state index in [-0.39, 0.29) is 0 Å². The number of Topliss-reactive ketones (excluding diaryl/α,β-unsaturated/α-hetero) is 1. The lowest BCUT2D eigenvalue weighted by Gasteiger charge is -2.55. The highest BCUT2D eigenvalue weighted by atomic mass is 16.1. The molecule has 1 saturated heterocycles. The van der Waals surface area contributed by atoms with Crippen LogP contribution in [0, 0.1) is 11.3 Å². The summed E-state index contributed by atoms with van der Waals surface area (Å²) >= 11 is 0. The minimum absolute atomic E-state index is 0.356. The SMILES string of the molecule is CC.CC(=O)C1CCC2(CC1)CC(N1CCC(c3cnc(C(C)C)nc3)CC1)C2. The molecule has 2 saturated carbocycles. The van der Waals surface area contributed by atoms with Crippen LogP contribution in [0.15, 0.2) is 12.4 Å². The van der Waals surface area contributed by atoms with E-state index in [4.69, 9.17) is 0 Å². The van der Waals surface area contributed by atoms with Gasteiger partial charge in [-0.05, 0) is 88.3 Å². The van der Waals surface area contributed by atoms with Crippen LogP contribution in [0.5, 0.6) is 0 Å². The molecule has 4 nitrogen and oxygen atoms in total. The van der Waals surface area contributed by atoms with E-state index in [0.717, 1.165) is 24.7 Å². The zero-order chi connectivity index (χ0) is 21.0. The summed E-state index contributed by atoms with van der Waals surface area (Å²) in [5.74, 6) is 2.75. The Balaban J connectivity index is 0.00000117. The van der Waals surface area contributed by atoms with Crippen molar-refractivity contribution in [3.05, 3.63) is 23.8 Å². The van der Waals surface area contributed by atoms with Gasteiger partial charge in [-0.25, -0.2) is 9.97 Å². The van der Waals surface area contributed by atoms with E-state index in [1.54, 1.807) is 6.92 Å². The maximum absolute atomic E-state index is 11.6. The molecule has 3 aliphatic rings. The molecule has 0 bridgehead atoms. The standard InChI is InChI=1S/C23H35N3O.C2H6/c1-16(2)22-24-14-20(15-25-22)19-6-10-26(11-7-19)21-12-23(13-21)8-4-18(5-9-23)17(3)27;1-2/h14-16,18-19,21H,4-13H2,1-3H3;1-2H3. The molecule has 0 unspecified atom stereocenters. The van der Waals surface area contributed by atoms with Crippen molar-refractivity contribution in [1.29, 1.82) is 0 Å². The fourth-order valence-corrected chi connectivity index (χ4v) is 5.70. The van der Waals surface area contributed by atoms with Crippen molar-refractivity contribution in [2.24, 2.45) is 11.3 Å². The third-order valence-electron chi connectivity index (χ3n) is 7.68. The average Bonchev–Trinajstić information content (AvgIpc) is 2.74. The summed E-state index contributed by atoms with van der Waals surface area (Å²) in [6.07, 6.45) is 14.2. The predicted molar refractivity (Wildman–Crippen MR) is 119 cm³/mol. The van der Waals surface area contributed by atoms with Gasteiger partial charge in [0.2, 0.25) is 0 Å².